The number of aliphatic hydroxyl groups is 1. The Morgan fingerprint density at radius 2 is 0.750 bits per heavy atom. The third kappa shape index (κ3) is 26.1. The summed E-state index contributed by atoms with van der Waals surface area (Å²) < 4.78 is 76.8. The Morgan fingerprint density at radius 3 is 1.04 bits per heavy atom. The van der Waals surface area contributed by atoms with Crippen LogP contribution >= 0.6 is 0 Å². The number of ether oxygens (including phenoxy) is 5. The second-order valence-electron chi connectivity index (χ2n) is 22.3. The predicted molar refractivity (Wildman–Crippen MR) is 373 cm³/mol. The van der Waals surface area contributed by atoms with E-state index in [0.717, 1.165) is 44.8 Å². The fourth-order valence-corrected chi connectivity index (χ4v) is 9.13. The number of aromatic carboxylic acids is 1. The van der Waals surface area contributed by atoms with Gasteiger partial charge in [0.25, 0.3) is 17.0 Å². The third-order valence-corrected chi connectivity index (χ3v) is 14.7. The van der Waals surface area contributed by atoms with Gasteiger partial charge in [0.05, 0.1) is 37.0 Å². The van der Waals surface area contributed by atoms with E-state index in [4.69, 9.17) is 30.2 Å². The Kier molecular flexibility index (Phi) is 31.3. The maximum absolute atomic E-state index is 13.0. The number of carbonyl (C=O) groups is 4. The summed E-state index contributed by atoms with van der Waals surface area (Å²) in [6, 6.07) is 53.4. The van der Waals surface area contributed by atoms with Gasteiger partial charge < -0.3 is 60.0 Å². The van der Waals surface area contributed by atoms with Gasteiger partial charge in [-0.1, -0.05) is 48.5 Å². The van der Waals surface area contributed by atoms with Crippen LogP contribution in [0, 0.1) is 51.0 Å². The van der Waals surface area contributed by atoms with Crippen LogP contribution in [0.5, 0.6) is 23.0 Å². The molecule has 0 aliphatic heterocycles. The first-order valence-corrected chi connectivity index (χ1v) is 31.1. The van der Waals surface area contributed by atoms with E-state index in [1.807, 2.05) is 72.7 Å². The van der Waals surface area contributed by atoms with Gasteiger partial charge in [0.2, 0.25) is 0 Å². The first-order valence-electron chi connectivity index (χ1n) is 31.1. The Hall–Kier alpha value is -11.6. The van der Waals surface area contributed by atoms with Crippen LogP contribution in [0.1, 0.15) is 149 Å². The van der Waals surface area contributed by atoms with E-state index in [2.05, 4.69) is 24.8 Å². The molecule has 0 saturated carbocycles. The van der Waals surface area contributed by atoms with Crippen LogP contribution < -0.4 is 36.4 Å². The zero-order chi connectivity index (χ0) is 73.6. The zero-order valence-corrected chi connectivity index (χ0v) is 56.8. The highest BCUT2D eigenvalue weighted by Gasteiger charge is 2.15. The number of rotatable bonds is 17. The molecule has 0 bridgehead atoms. The van der Waals surface area contributed by atoms with E-state index >= 15 is 0 Å². The second-order valence-corrected chi connectivity index (χ2v) is 22.3. The molecule has 0 aliphatic rings. The largest absolute Gasteiger partial charge is 0.508 e. The number of halogens is 4. The molecular weight excluding hydrogens is 1290 g/mol. The number of hydrogen-bond acceptors (Lipinski definition) is 14. The lowest BCUT2D eigenvalue weighted by atomic mass is 10.1. The van der Waals surface area contributed by atoms with Crippen molar-refractivity contribution in [3.8, 4) is 23.0 Å². The summed E-state index contributed by atoms with van der Waals surface area (Å²) in [5.74, 6) is -1.40. The summed E-state index contributed by atoms with van der Waals surface area (Å²) >= 11 is 0. The van der Waals surface area contributed by atoms with Crippen LogP contribution in [0.15, 0.2) is 216 Å². The molecule has 4 unspecified atom stereocenters. The maximum atomic E-state index is 13.0. The lowest BCUT2D eigenvalue weighted by Crippen LogP contribution is -2.27. The van der Waals surface area contributed by atoms with E-state index in [9.17, 15) is 51.4 Å². The van der Waals surface area contributed by atoms with Gasteiger partial charge in [0, 0.05) is 41.2 Å². The highest BCUT2D eigenvalue weighted by Crippen LogP contribution is 2.26. The first-order chi connectivity index (χ1) is 47.6. The number of carboxylic acids is 1. The van der Waals surface area contributed by atoms with Crippen LogP contribution in [0.4, 0.5) is 17.6 Å². The Morgan fingerprint density at radius 1 is 0.450 bits per heavy atom. The number of carbonyl (C=O) groups excluding carboxylic acids is 3. The molecule has 0 spiro atoms. The molecule has 10 rings (SSSR count). The number of amides is 1. The van der Waals surface area contributed by atoms with Crippen LogP contribution in [-0.4, -0.2) is 63.3 Å². The fraction of sp³-hybridized carbons (Fsp3) is 0.205. The number of H-pyrrole nitrogens is 2. The number of hydrogen-bond donors (Lipinski definition) is 7. The summed E-state index contributed by atoms with van der Waals surface area (Å²) in [4.78, 5) is 74.2. The van der Waals surface area contributed by atoms with Gasteiger partial charge in [-0.25, -0.2) is 31.9 Å². The van der Waals surface area contributed by atoms with Gasteiger partial charge in [0.1, 0.15) is 64.6 Å². The maximum Gasteiger partial charge on any atom is 0.337 e. The fourth-order valence-electron chi connectivity index (χ4n) is 9.13. The van der Waals surface area contributed by atoms with Crippen LogP contribution in [-0.2, 0) is 22.6 Å². The number of phenolic OH excluding ortho intramolecular Hbond substituents is 1. The molecule has 4 atom stereocenters. The molecule has 2 aromatic heterocycles. The number of aromatic amines is 2. The van der Waals surface area contributed by atoms with Crippen molar-refractivity contribution in [2.45, 2.75) is 92.9 Å². The minimum Gasteiger partial charge on any atom is -0.508 e. The predicted octanol–water partition coefficient (Wildman–Crippen LogP) is 15.1. The minimum absolute atomic E-state index is 0.0648. The van der Waals surface area contributed by atoms with Gasteiger partial charge in [-0.05, 0) is 246 Å². The molecule has 8 aromatic carbocycles. The summed E-state index contributed by atoms with van der Waals surface area (Å²) in [6.45, 7) is 15.2. The van der Waals surface area contributed by atoms with E-state index in [1.54, 1.807) is 116 Å². The molecule has 22 heteroatoms. The molecule has 18 nitrogen and oxygen atoms in total. The SMILES string of the molecule is CC(Oc1ccc(F)cc1)c1ccc(C(=O)O)cc1.COC(=O)c1ccc(C(C)O)cc1.COC(=O)c1ccc(C(C)Oc2ccc(F)cc2)cc1.Cc1cc(C)c(CN)c(=O)[nH]1.Cc1cc(C)c(CNC(=O)c2ccc(C(C)Oc3ccc(F)cc3)cc2)c(=O)[nH]1.Oc1ccc(F)cc1. The molecule has 100 heavy (non-hydrogen) atoms. The van der Waals surface area contributed by atoms with E-state index < -0.39 is 12.1 Å². The number of aryl methyl sites for hydroxylation is 4. The number of pyridine rings is 2. The topological polar surface area (TPSA) is 279 Å². The van der Waals surface area contributed by atoms with Crippen molar-refractivity contribution in [3.05, 3.63) is 328 Å². The van der Waals surface area contributed by atoms with Crippen molar-refractivity contribution in [1.82, 2.24) is 15.3 Å². The van der Waals surface area contributed by atoms with Gasteiger partial charge in [-0.15, -0.1) is 0 Å². The molecule has 0 saturated heterocycles. The number of methoxy groups -OCH3 is 2. The second kappa shape index (κ2) is 39.6. The molecular formula is C78H80F4N4O14. The third-order valence-electron chi connectivity index (χ3n) is 14.7. The number of phenols is 1. The number of aromatic hydroxyl groups is 1. The number of benzene rings is 8. The normalized spacial score (nSPS) is 11.4. The van der Waals surface area contributed by atoms with Gasteiger partial charge in [-0.2, -0.15) is 0 Å². The van der Waals surface area contributed by atoms with Crippen molar-refractivity contribution in [3.63, 3.8) is 0 Å². The van der Waals surface area contributed by atoms with E-state index in [-0.39, 0.29) is 88.4 Å². The van der Waals surface area contributed by atoms with Crippen LogP contribution in [0.25, 0.3) is 0 Å². The lowest BCUT2D eigenvalue weighted by Gasteiger charge is -2.15. The van der Waals surface area contributed by atoms with Crippen molar-refractivity contribution in [1.29, 1.82) is 0 Å². The standard InChI is InChI=1S/C23H23FN2O3.C16H15FO3.C15H13FO3.C10H12O3.C8H12N2O.C6H5FO/c1-14-12-15(2)26-23(28)21(14)13-25-22(27)18-6-4-17(5-7-18)16(3)29-20-10-8-19(24)9-11-20;1-11(20-15-9-7-14(17)8-10-15)12-3-5-13(6-4-12)16(18)19-2;1-10(19-14-8-6-13(16)7-9-14)11-2-4-12(5-3-11)15(17)18;1-7(11)8-3-5-9(6-4-8)10(12)13-2;1-5-3-6(2)10-8(11)7(5)4-9;7-5-1-3-6(8)4-2-5/h4-12,16H,13H2,1-3H3,(H,25,27)(H,26,28);3-11H,1-2H3;2-10H,1H3,(H,17,18);3-7,11H,1-2H3;3H,4,9H2,1-2H3,(H,10,11);1-4,8H. The lowest BCUT2D eigenvalue weighted by molar-refractivity contribution is 0.0591. The molecule has 10 aromatic rings. The number of aliphatic hydroxyl groups excluding tert-OH is 1. The summed E-state index contributed by atoms with van der Waals surface area (Å²) in [6.07, 6.45) is -1.21. The van der Waals surface area contributed by atoms with Crippen molar-refractivity contribution < 1.29 is 75.7 Å². The Balaban J connectivity index is 0.000000226. The average molecular weight is 1370 g/mol. The molecule has 0 fully saturated rings. The number of carboxylic acid groups (broad SMARTS) is 1. The van der Waals surface area contributed by atoms with Crippen LogP contribution in [0.2, 0.25) is 0 Å². The molecule has 0 radical (unpaired) electrons. The van der Waals surface area contributed by atoms with E-state index in [1.165, 1.54) is 87.0 Å². The molecule has 2 heterocycles. The number of aromatic nitrogens is 2. The van der Waals surface area contributed by atoms with Crippen molar-refractivity contribution in [2.75, 3.05) is 14.2 Å². The quantitative estimate of drug-likeness (QED) is 0.0330. The van der Waals surface area contributed by atoms with Gasteiger partial charge >= 0.3 is 17.9 Å². The molecule has 0 aliphatic carbocycles. The smallest absolute Gasteiger partial charge is 0.337 e. The van der Waals surface area contributed by atoms with Gasteiger partial charge in [0.15, 0.2) is 0 Å². The molecule has 8 N–H and O–H groups in total. The number of nitrogens with one attached hydrogen (secondary N) is 3. The van der Waals surface area contributed by atoms with Gasteiger partial charge in [-0.3, -0.25) is 14.4 Å². The number of nitrogens with two attached hydrogens (primary N) is 1. The Labute approximate surface area is 576 Å². The zero-order valence-electron chi connectivity index (χ0n) is 56.8. The monoisotopic (exact) mass is 1370 g/mol. The summed E-state index contributed by atoms with van der Waals surface area (Å²) in [5.41, 5.74) is 15.0. The highest BCUT2D eigenvalue weighted by atomic mass is 19.1. The molecule has 1 amide bonds. The Bertz CT molecular complexity index is 4330. The summed E-state index contributed by atoms with van der Waals surface area (Å²) in [7, 11) is 2.68. The van der Waals surface area contributed by atoms with E-state index in [0.29, 0.717) is 51.6 Å². The summed E-state index contributed by atoms with van der Waals surface area (Å²) in [5, 5.41) is 29.4. The van der Waals surface area contributed by atoms with Crippen LogP contribution in [0.3, 0.4) is 0 Å². The average Bonchev–Trinajstić information content (AvgIpc) is 0.871. The van der Waals surface area contributed by atoms with Crippen molar-refractivity contribution in [2.24, 2.45) is 5.73 Å². The first kappa shape index (κ1) is 79.1. The highest BCUT2D eigenvalue weighted by molar-refractivity contribution is 5.94. The minimum atomic E-state index is -0.960. The molecule has 524 valence electrons. The number of esters is 2. The van der Waals surface area contributed by atoms with Crippen molar-refractivity contribution >= 4 is 23.8 Å².